The number of nitrogens with zero attached hydrogens (tertiary/aromatic N) is 1. The normalized spacial score (nSPS) is 12.3. The molecule has 0 radical (unpaired) electrons. The summed E-state index contributed by atoms with van der Waals surface area (Å²) in [5, 5.41) is 0. The van der Waals surface area contributed by atoms with Crippen LogP contribution in [0.1, 0.15) is 15.9 Å². The van der Waals surface area contributed by atoms with Crippen molar-refractivity contribution in [1.29, 1.82) is 0 Å². The molecule has 0 unspecified atom stereocenters. The van der Waals surface area contributed by atoms with Gasteiger partial charge in [0.05, 0.1) is 5.56 Å². The number of carbonyl (C=O) groups excluding carboxylic acids is 1. The minimum atomic E-state index is -0.184. The van der Waals surface area contributed by atoms with E-state index in [1.807, 2.05) is 31.2 Å². The van der Waals surface area contributed by atoms with Crippen LogP contribution in [0.15, 0.2) is 36.4 Å². The molecule has 1 aliphatic heterocycles. The molecule has 0 aliphatic carbocycles. The SMILES string of the molecule is Cc1cccc(N(C)C(=O)c2cc3c(cc2N)OCO3)c1. The summed E-state index contributed by atoms with van der Waals surface area (Å²) in [6, 6.07) is 11.0. The van der Waals surface area contributed by atoms with Crippen molar-refractivity contribution >= 4 is 17.3 Å². The molecule has 0 bridgehead atoms. The van der Waals surface area contributed by atoms with Gasteiger partial charge in [-0.3, -0.25) is 4.79 Å². The summed E-state index contributed by atoms with van der Waals surface area (Å²) >= 11 is 0. The van der Waals surface area contributed by atoms with Crippen LogP contribution in [0.4, 0.5) is 11.4 Å². The number of hydrogen-bond donors (Lipinski definition) is 1. The highest BCUT2D eigenvalue weighted by Gasteiger charge is 2.22. The number of carbonyl (C=O) groups is 1. The number of nitrogens with two attached hydrogens (primary N) is 1. The Morgan fingerprint density at radius 2 is 1.90 bits per heavy atom. The highest BCUT2D eigenvalue weighted by atomic mass is 16.7. The van der Waals surface area contributed by atoms with Gasteiger partial charge in [0.25, 0.3) is 5.91 Å². The summed E-state index contributed by atoms with van der Waals surface area (Å²) in [6.45, 7) is 2.14. The Bertz CT molecular complexity index is 713. The first kappa shape index (κ1) is 13.3. The van der Waals surface area contributed by atoms with Gasteiger partial charge in [-0.1, -0.05) is 12.1 Å². The van der Waals surface area contributed by atoms with Crippen LogP contribution in [0.25, 0.3) is 0 Å². The lowest BCUT2D eigenvalue weighted by atomic mass is 10.1. The van der Waals surface area contributed by atoms with Crippen LogP contribution in [0.3, 0.4) is 0 Å². The summed E-state index contributed by atoms with van der Waals surface area (Å²) in [7, 11) is 1.72. The Kier molecular flexibility index (Phi) is 3.17. The van der Waals surface area contributed by atoms with Crippen LogP contribution < -0.4 is 20.1 Å². The summed E-state index contributed by atoms with van der Waals surface area (Å²) in [4.78, 5) is 14.2. The Morgan fingerprint density at radius 1 is 1.19 bits per heavy atom. The molecule has 21 heavy (non-hydrogen) atoms. The topological polar surface area (TPSA) is 64.8 Å². The van der Waals surface area contributed by atoms with E-state index in [-0.39, 0.29) is 12.7 Å². The molecule has 0 fully saturated rings. The molecule has 5 nitrogen and oxygen atoms in total. The first-order valence-electron chi connectivity index (χ1n) is 6.60. The lowest BCUT2D eigenvalue weighted by molar-refractivity contribution is 0.0993. The molecule has 1 aliphatic rings. The molecule has 0 aromatic heterocycles. The van der Waals surface area contributed by atoms with Gasteiger partial charge >= 0.3 is 0 Å². The zero-order valence-corrected chi connectivity index (χ0v) is 11.9. The molecule has 2 N–H and O–H groups in total. The second kappa shape index (κ2) is 5.01. The fraction of sp³-hybridized carbons (Fsp3) is 0.188. The number of aryl methyl sites for hydroxylation is 1. The van der Waals surface area contributed by atoms with Crippen LogP contribution in [0, 0.1) is 6.92 Å². The number of rotatable bonds is 2. The van der Waals surface area contributed by atoms with Gasteiger partial charge in [-0.2, -0.15) is 0 Å². The van der Waals surface area contributed by atoms with Gasteiger partial charge in [-0.15, -0.1) is 0 Å². The van der Waals surface area contributed by atoms with Gasteiger partial charge in [0, 0.05) is 24.5 Å². The van der Waals surface area contributed by atoms with Gasteiger partial charge in [0.2, 0.25) is 6.79 Å². The Morgan fingerprint density at radius 3 is 2.62 bits per heavy atom. The van der Waals surface area contributed by atoms with E-state index >= 15 is 0 Å². The summed E-state index contributed by atoms with van der Waals surface area (Å²) in [6.07, 6.45) is 0. The highest BCUT2D eigenvalue weighted by molar-refractivity contribution is 6.09. The van der Waals surface area contributed by atoms with Crippen molar-refractivity contribution in [2.45, 2.75) is 6.92 Å². The maximum atomic E-state index is 12.6. The van der Waals surface area contributed by atoms with Gasteiger partial charge < -0.3 is 20.1 Å². The molecule has 0 saturated carbocycles. The van der Waals surface area contributed by atoms with Gasteiger partial charge in [-0.05, 0) is 30.7 Å². The third-order valence-electron chi connectivity index (χ3n) is 3.47. The molecule has 0 saturated heterocycles. The molecule has 2 aromatic rings. The van der Waals surface area contributed by atoms with Crippen molar-refractivity contribution in [3.63, 3.8) is 0 Å². The Labute approximate surface area is 122 Å². The monoisotopic (exact) mass is 284 g/mol. The summed E-state index contributed by atoms with van der Waals surface area (Å²) in [5.41, 5.74) is 8.65. The Balaban J connectivity index is 1.95. The zero-order valence-electron chi connectivity index (χ0n) is 11.9. The van der Waals surface area contributed by atoms with Gasteiger partial charge in [0.15, 0.2) is 11.5 Å². The molecular formula is C16H16N2O3. The van der Waals surface area contributed by atoms with Crippen molar-refractivity contribution in [3.05, 3.63) is 47.5 Å². The van der Waals surface area contributed by atoms with Crippen molar-refractivity contribution in [2.75, 3.05) is 24.5 Å². The van der Waals surface area contributed by atoms with E-state index in [0.29, 0.717) is 22.7 Å². The first-order valence-corrected chi connectivity index (χ1v) is 6.60. The standard InChI is InChI=1S/C16H16N2O3/c1-10-4-3-5-11(6-10)18(2)16(19)12-7-14-15(8-13(12)17)21-9-20-14/h3-8H,9,17H2,1-2H3. The van der Waals surface area contributed by atoms with Crippen LogP contribution in [-0.2, 0) is 0 Å². The third kappa shape index (κ3) is 2.38. The number of ether oxygens (including phenoxy) is 2. The van der Waals surface area contributed by atoms with E-state index in [2.05, 4.69) is 0 Å². The number of benzene rings is 2. The van der Waals surface area contributed by atoms with E-state index in [1.54, 1.807) is 24.1 Å². The van der Waals surface area contributed by atoms with Crippen LogP contribution in [-0.4, -0.2) is 19.7 Å². The maximum Gasteiger partial charge on any atom is 0.260 e. The van der Waals surface area contributed by atoms with Crippen LogP contribution in [0.5, 0.6) is 11.5 Å². The average molecular weight is 284 g/mol. The van der Waals surface area contributed by atoms with E-state index < -0.39 is 0 Å². The van der Waals surface area contributed by atoms with E-state index in [1.165, 1.54) is 0 Å². The van der Waals surface area contributed by atoms with Gasteiger partial charge in [-0.25, -0.2) is 0 Å². The number of fused-ring (bicyclic) bond motifs is 1. The van der Waals surface area contributed by atoms with Crippen LogP contribution in [0.2, 0.25) is 0 Å². The second-order valence-corrected chi connectivity index (χ2v) is 5.00. The number of nitrogen functional groups attached to an aromatic ring is 1. The summed E-state index contributed by atoms with van der Waals surface area (Å²) < 4.78 is 10.5. The van der Waals surface area contributed by atoms with E-state index in [0.717, 1.165) is 11.3 Å². The average Bonchev–Trinajstić information content (AvgIpc) is 2.92. The zero-order chi connectivity index (χ0) is 15.0. The molecule has 0 atom stereocenters. The predicted molar refractivity (Wildman–Crippen MR) is 80.9 cm³/mol. The van der Waals surface area contributed by atoms with Crippen LogP contribution >= 0.6 is 0 Å². The molecule has 2 aromatic carbocycles. The number of amides is 1. The third-order valence-corrected chi connectivity index (χ3v) is 3.47. The number of anilines is 2. The lowest BCUT2D eigenvalue weighted by Gasteiger charge is -2.19. The number of hydrogen-bond acceptors (Lipinski definition) is 4. The smallest absolute Gasteiger partial charge is 0.260 e. The highest BCUT2D eigenvalue weighted by Crippen LogP contribution is 2.36. The predicted octanol–water partition coefficient (Wildman–Crippen LogP) is 2.58. The molecule has 1 heterocycles. The quantitative estimate of drug-likeness (QED) is 0.861. The molecule has 5 heteroatoms. The first-order chi connectivity index (χ1) is 10.1. The van der Waals surface area contributed by atoms with E-state index in [9.17, 15) is 4.79 Å². The van der Waals surface area contributed by atoms with Crippen molar-refractivity contribution in [3.8, 4) is 11.5 Å². The van der Waals surface area contributed by atoms with Gasteiger partial charge in [0.1, 0.15) is 0 Å². The molecule has 0 spiro atoms. The van der Waals surface area contributed by atoms with Crippen molar-refractivity contribution in [2.24, 2.45) is 0 Å². The molecule has 108 valence electrons. The fourth-order valence-electron chi connectivity index (χ4n) is 2.28. The maximum absolute atomic E-state index is 12.6. The van der Waals surface area contributed by atoms with Crippen molar-refractivity contribution in [1.82, 2.24) is 0 Å². The minimum Gasteiger partial charge on any atom is -0.454 e. The second-order valence-electron chi connectivity index (χ2n) is 5.00. The minimum absolute atomic E-state index is 0.153. The fourth-order valence-corrected chi connectivity index (χ4v) is 2.28. The molecule has 1 amide bonds. The largest absolute Gasteiger partial charge is 0.454 e. The van der Waals surface area contributed by atoms with E-state index in [4.69, 9.17) is 15.2 Å². The lowest BCUT2D eigenvalue weighted by Crippen LogP contribution is -2.27. The Hall–Kier alpha value is -2.69. The molecule has 3 rings (SSSR count). The molecular weight excluding hydrogens is 268 g/mol. The van der Waals surface area contributed by atoms with Crippen molar-refractivity contribution < 1.29 is 14.3 Å². The summed E-state index contributed by atoms with van der Waals surface area (Å²) in [5.74, 6) is 0.934.